The van der Waals surface area contributed by atoms with Crippen LogP contribution >= 0.6 is 0 Å². The second-order valence-electron chi connectivity index (χ2n) is 4.99. The van der Waals surface area contributed by atoms with Gasteiger partial charge in [0, 0.05) is 17.8 Å². The van der Waals surface area contributed by atoms with Gasteiger partial charge in [-0.3, -0.25) is 0 Å². The molecule has 0 amide bonds. The van der Waals surface area contributed by atoms with Crippen molar-refractivity contribution in [3.8, 4) is 5.75 Å². The molecule has 0 unspecified atom stereocenters. The minimum atomic E-state index is 0.0581. The molecule has 0 radical (unpaired) electrons. The Morgan fingerprint density at radius 3 is 2.65 bits per heavy atom. The first-order valence-corrected chi connectivity index (χ1v) is 6.87. The zero-order valence-electron chi connectivity index (χ0n) is 12.0. The first-order chi connectivity index (χ1) is 9.69. The highest BCUT2D eigenvalue weighted by Gasteiger charge is 2.04. The van der Waals surface area contributed by atoms with E-state index in [9.17, 15) is 0 Å². The van der Waals surface area contributed by atoms with E-state index in [1.54, 1.807) is 0 Å². The standard InChI is InChI=1S/C17H21NO2/c1-13(2)20-17-9-4-3-7-15(17)11-18-16-8-5-6-14(10-16)12-19/h3-10,13,18-19H,11-12H2,1-2H3. The molecule has 0 heterocycles. The summed E-state index contributed by atoms with van der Waals surface area (Å²) in [7, 11) is 0. The van der Waals surface area contributed by atoms with E-state index < -0.39 is 0 Å². The molecule has 2 N–H and O–H groups in total. The molecule has 2 rings (SSSR count). The minimum absolute atomic E-state index is 0.0581. The Morgan fingerprint density at radius 1 is 1.10 bits per heavy atom. The van der Waals surface area contributed by atoms with Crippen molar-refractivity contribution < 1.29 is 9.84 Å². The zero-order chi connectivity index (χ0) is 14.4. The van der Waals surface area contributed by atoms with Gasteiger partial charge in [0.1, 0.15) is 5.75 Å². The van der Waals surface area contributed by atoms with Crippen molar-refractivity contribution in [3.05, 3.63) is 59.7 Å². The molecule has 0 aromatic heterocycles. The average molecular weight is 271 g/mol. The average Bonchev–Trinajstić information content (AvgIpc) is 2.46. The molecule has 0 aliphatic carbocycles. The highest BCUT2D eigenvalue weighted by molar-refractivity contribution is 5.47. The van der Waals surface area contributed by atoms with Crippen LogP contribution in [0.15, 0.2) is 48.5 Å². The normalized spacial score (nSPS) is 10.6. The molecule has 3 heteroatoms. The van der Waals surface area contributed by atoms with Gasteiger partial charge >= 0.3 is 0 Å². The van der Waals surface area contributed by atoms with E-state index in [0.717, 1.165) is 22.6 Å². The monoisotopic (exact) mass is 271 g/mol. The Morgan fingerprint density at radius 2 is 1.90 bits per heavy atom. The van der Waals surface area contributed by atoms with Crippen LogP contribution < -0.4 is 10.1 Å². The van der Waals surface area contributed by atoms with Crippen LogP contribution in [0.2, 0.25) is 0 Å². The first kappa shape index (κ1) is 14.4. The highest BCUT2D eigenvalue weighted by atomic mass is 16.5. The molecule has 2 aromatic rings. The van der Waals surface area contributed by atoms with E-state index in [2.05, 4.69) is 11.4 Å². The van der Waals surface area contributed by atoms with Crippen molar-refractivity contribution in [1.82, 2.24) is 0 Å². The topological polar surface area (TPSA) is 41.5 Å². The second-order valence-corrected chi connectivity index (χ2v) is 4.99. The molecular weight excluding hydrogens is 250 g/mol. The fraction of sp³-hybridized carbons (Fsp3) is 0.294. The smallest absolute Gasteiger partial charge is 0.124 e. The molecular formula is C17H21NO2. The van der Waals surface area contributed by atoms with E-state index in [4.69, 9.17) is 9.84 Å². The summed E-state index contributed by atoms with van der Waals surface area (Å²) >= 11 is 0. The Kier molecular flexibility index (Phi) is 5.02. The summed E-state index contributed by atoms with van der Waals surface area (Å²) in [5.74, 6) is 0.910. The van der Waals surface area contributed by atoms with E-state index in [-0.39, 0.29) is 12.7 Å². The van der Waals surface area contributed by atoms with Gasteiger partial charge in [-0.25, -0.2) is 0 Å². The Bertz CT molecular complexity index is 552. The van der Waals surface area contributed by atoms with Crippen LogP contribution in [0.25, 0.3) is 0 Å². The summed E-state index contributed by atoms with van der Waals surface area (Å²) < 4.78 is 5.80. The summed E-state index contributed by atoms with van der Waals surface area (Å²) in [6.07, 6.45) is 0.161. The number of nitrogens with one attached hydrogen (secondary N) is 1. The number of para-hydroxylation sites is 1. The summed E-state index contributed by atoms with van der Waals surface area (Å²) in [6.45, 7) is 4.80. The third-order valence-corrected chi connectivity index (χ3v) is 2.93. The fourth-order valence-electron chi connectivity index (χ4n) is 2.00. The van der Waals surface area contributed by atoms with Crippen molar-refractivity contribution in [2.75, 3.05) is 5.32 Å². The number of aliphatic hydroxyl groups excluding tert-OH is 1. The summed E-state index contributed by atoms with van der Waals surface area (Å²) in [5.41, 5.74) is 3.02. The fourth-order valence-corrected chi connectivity index (χ4v) is 2.00. The van der Waals surface area contributed by atoms with Crippen LogP contribution in [0.4, 0.5) is 5.69 Å². The maximum Gasteiger partial charge on any atom is 0.124 e. The molecule has 3 nitrogen and oxygen atoms in total. The SMILES string of the molecule is CC(C)Oc1ccccc1CNc1cccc(CO)c1. The van der Waals surface area contributed by atoms with Gasteiger partial charge in [-0.1, -0.05) is 30.3 Å². The van der Waals surface area contributed by atoms with Gasteiger partial charge in [0.05, 0.1) is 12.7 Å². The second kappa shape index (κ2) is 6.96. The summed E-state index contributed by atoms with van der Waals surface area (Å²) in [5, 5.41) is 12.5. The number of benzene rings is 2. The van der Waals surface area contributed by atoms with Crippen molar-refractivity contribution in [1.29, 1.82) is 0 Å². The van der Waals surface area contributed by atoms with E-state index in [1.807, 2.05) is 56.3 Å². The van der Waals surface area contributed by atoms with Crippen LogP contribution in [0.1, 0.15) is 25.0 Å². The molecule has 0 aliphatic heterocycles. The lowest BCUT2D eigenvalue weighted by atomic mass is 10.1. The summed E-state index contributed by atoms with van der Waals surface area (Å²) in [4.78, 5) is 0. The number of ether oxygens (including phenoxy) is 1. The molecule has 2 aromatic carbocycles. The summed E-state index contributed by atoms with van der Waals surface area (Å²) in [6, 6.07) is 15.8. The van der Waals surface area contributed by atoms with Gasteiger partial charge < -0.3 is 15.2 Å². The maximum atomic E-state index is 9.14. The minimum Gasteiger partial charge on any atom is -0.491 e. The van der Waals surface area contributed by atoms with Gasteiger partial charge in [-0.05, 0) is 37.6 Å². The Hall–Kier alpha value is -2.00. The Labute approximate surface area is 120 Å². The third-order valence-electron chi connectivity index (χ3n) is 2.93. The molecule has 0 aliphatic rings. The Balaban J connectivity index is 2.06. The highest BCUT2D eigenvalue weighted by Crippen LogP contribution is 2.21. The van der Waals surface area contributed by atoms with Gasteiger partial charge in [-0.15, -0.1) is 0 Å². The van der Waals surface area contributed by atoms with Gasteiger partial charge in [0.2, 0.25) is 0 Å². The van der Waals surface area contributed by atoms with Gasteiger partial charge in [0.25, 0.3) is 0 Å². The molecule has 0 bridgehead atoms. The molecule has 0 fully saturated rings. The number of anilines is 1. The molecule has 0 atom stereocenters. The largest absolute Gasteiger partial charge is 0.491 e. The predicted molar refractivity (Wildman–Crippen MR) is 81.9 cm³/mol. The van der Waals surface area contributed by atoms with Crippen LogP contribution in [0, 0.1) is 0 Å². The lowest BCUT2D eigenvalue weighted by Crippen LogP contribution is -2.09. The number of rotatable bonds is 6. The maximum absolute atomic E-state index is 9.14. The lowest BCUT2D eigenvalue weighted by molar-refractivity contribution is 0.240. The molecule has 0 saturated heterocycles. The van der Waals surface area contributed by atoms with Crippen LogP contribution in [0.3, 0.4) is 0 Å². The van der Waals surface area contributed by atoms with E-state index >= 15 is 0 Å². The molecule has 20 heavy (non-hydrogen) atoms. The van der Waals surface area contributed by atoms with Crippen molar-refractivity contribution >= 4 is 5.69 Å². The number of aliphatic hydroxyl groups is 1. The molecule has 0 spiro atoms. The lowest BCUT2D eigenvalue weighted by Gasteiger charge is -2.15. The van der Waals surface area contributed by atoms with Crippen molar-refractivity contribution in [2.24, 2.45) is 0 Å². The van der Waals surface area contributed by atoms with Gasteiger partial charge in [-0.2, -0.15) is 0 Å². The third kappa shape index (κ3) is 4.00. The van der Waals surface area contributed by atoms with Crippen LogP contribution in [-0.4, -0.2) is 11.2 Å². The van der Waals surface area contributed by atoms with Crippen molar-refractivity contribution in [2.45, 2.75) is 33.1 Å². The van der Waals surface area contributed by atoms with Gasteiger partial charge in [0.15, 0.2) is 0 Å². The predicted octanol–water partition coefficient (Wildman–Crippen LogP) is 3.58. The number of hydrogen-bond donors (Lipinski definition) is 2. The molecule has 106 valence electrons. The first-order valence-electron chi connectivity index (χ1n) is 6.87. The molecule has 0 saturated carbocycles. The van der Waals surface area contributed by atoms with E-state index in [1.165, 1.54) is 0 Å². The van der Waals surface area contributed by atoms with Crippen LogP contribution in [0.5, 0.6) is 5.75 Å². The quantitative estimate of drug-likeness (QED) is 0.843. The van der Waals surface area contributed by atoms with Crippen LogP contribution in [-0.2, 0) is 13.2 Å². The van der Waals surface area contributed by atoms with Crippen molar-refractivity contribution in [3.63, 3.8) is 0 Å². The van der Waals surface area contributed by atoms with E-state index in [0.29, 0.717) is 6.54 Å². The zero-order valence-corrected chi connectivity index (χ0v) is 12.0. The number of hydrogen-bond acceptors (Lipinski definition) is 3.